The fourth-order valence-corrected chi connectivity index (χ4v) is 5.79. The van der Waals surface area contributed by atoms with Gasteiger partial charge in [-0.25, -0.2) is 4.98 Å². The highest BCUT2D eigenvalue weighted by Crippen LogP contribution is 2.44. The van der Waals surface area contributed by atoms with Crippen molar-refractivity contribution in [3.05, 3.63) is 29.8 Å². The van der Waals surface area contributed by atoms with E-state index in [0.717, 1.165) is 47.3 Å². The van der Waals surface area contributed by atoms with Crippen molar-refractivity contribution in [3.8, 4) is 5.75 Å². The number of carbonyl (C=O) groups excluding carboxylic acids is 1. The summed E-state index contributed by atoms with van der Waals surface area (Å²) in [5.74, 6) is 2.25. The average Bonchev–Trinajstić information content (AvgIpc) is 2.83. The Labute approximate surface area is 190 Å². The number of methoxy groups -OCH3 is 3. The van der Waals surface area contributed by atoms with Crippen molar-refractivity contribution >= 4 is 22.6 Å². The monoisotopic (exact) mass is 441 g/mol. The number of anilines is 1. The van der Waals surface area contributed by atoms with Crippen LogP contribution in [0.4, 0.5) is 5.82 Å². The Bertz CT molecular complexity index is 966. The predicted octanol–water partition coefficient (Wildman–Crippen LogP) is 3.41. The van der Waals surface area contributed by atoms with Crippen molar-refractivity contribution in [2.75, 3.05) is 33.7 Å². The number of nitrogens with zero attached hydrogens (tertiary/aromatic N) is 1. The summed E-state index contributed by atoms with van der Waals surface area (Å²) in [7, 11) is 7.04. The van der Waals surface area contributed by atoms with Gasteiger partial charge in [0.05, 0.1) is 24.8 Å². The lowest BCUT2D eigenvalue weighted by Crippen LogP contribution is -2.59. The lowest BCUT2D eigenvalue weighted by molar-refractivity contribution is -0.144. The molecule has 0 radical (unpaired) electrons. The van der Waals surface area contributed by atoms with Gasteiger partial charge in [0, 0.05) is 38.6 Å². The molecule has 1 aliphatic heterocycles. The van der Waals surface area contributed by atoms with Crippen LogP contribution in [0.2, 0.25) is 0 Å². The summed E-state index contributed by atoms with van der Waals surface area (Å²) < 4.78 is 16.9. The lowest BCUT2D eigenvalue weighted by atomic mass is 9.63. The van der Waals surface area contributed by atoms with E-state index < -0.39 is 0 Å². The number of amides is 1. The first-order valence-corrected chi connectivity index (χ1v) is 11.5. The van der Waals surface area contributed by atoms with Gasteiger partial charge in [0.25, 0.3) is 0 Å². The van der Waals surface area contributed by atoms with E-state index in [9.17, 15) is 4.79 Å². The zero-order chi connectivity index (χ0) is 22.8. The fraction of sp³-hybridized carbons (Fsp3) is 0.600. The van der Waals surface area contributed by atoms with Crippen LogP contribution in [0, 0.1) is 17.8 Å². The minimum absolute atomic E-state index is 0.00918. The Morgan fingerprint density at radius 2 is 1.81 bits per heavy atom. The molecular formula is C25H35N3O4. The normalized spacial score (nSPS) is 30.0. The highest BCUT2D eigenvalue weighted by Gasteiger charge is 2.49. The van der Waals surface area contributed by atoms with Gasteiger partial charge in [-0.1, -0.05) is 6.92 Å². The number of nitrogens with one attached hydrogen (secondary N) is 2. The first-order valence-electron chi connectivity index (χ1n) is 11.5. The van der Waals surface area contributed by atoms with Crippen LogP contribution in [0.15, 0.2) is 24.3 Å². The highest BCUT2D eigenvalue weighted by atomic mass is 16.5. The van der Waals surface area contributed by atoms with Gasteiger partial charge in [0.15, 0.2) is 0 Å². The molecule has 6 unspecified atom stereocenters. The van der Waals surface area contributed by atoms with E-state index >= 15 is 0 Å². The zero-order valence-electron chi connectivity index (χ0n) is 19.7. The molecule has 2 aliphatic rings. The number of ether oxygens (including phenoxy) is 3. The van der Waals surface area contributed by atoms with Gasteiger partial charge in [-0.3, -0.25) is 4.79 Å². The number of hydrogen-bond acceptors (Lipinski definition) is 6. The molecule has 1 aromatic carbocycles. The van der Waals surface area contributed by atoms with Gasteiger partial charge in [-0.15, -0.1) is 0 Å². The van der Waals surface area contributed by atoms with Crippen LogP contribution in [-0.2, 0) is 20.7 Å². The summed E-state index contributed by atoms with van der Waals surface area (Å²) in [5, 5.41) is 7.55. The van der Waals surface area contributed by atoms with Crippen molar-refractivity contribution in [3.63, 3.8) is 0 Å². The van der Waals surface area contributed by atoms with Crippen LogP contribution in [-0.4, -0.2) is 57.5 Å². The lowest BCUT2D eigenvalue weighted by Gasteiger charge is -2.49. The van der Waals surface area contributed by atoms with Gasteiger partial charge in [0.2, 0.25) is 5.91 Å². The molecule has 2 aromatic rings. The predicted molar refractivity (Wildman–Crippen MR) is 125 cm³/mol. The number of rotatable bonds is 7. The summed E-state index contributed by atoms with van der Waals surface area (Å²) in [4.78, 5) is 18.1. The second kappa shape index (κ2) is 9.63. The number of fused-ring (bicyclic) bond motifs is 2. The van der Waals surface area contributed by atoms with Crippen molar-refractivity contribution in [2.45, 2.75) is 50.9 Å². The molecule has 2 heterocycles. The van der Waals surface area contributed by atoms with E-state index in [1.807, 2.05) is 25.2 Å². The molecule has 1 amide bonds. The maximum atomic E-state index is 13.3. The fourth-order valence-electron chi connectivity index (χ4n) is 5.79. The van der Waals surface area contributed by atoms with E-state index in [1.54, 1.807) is 21.3 Å². The van der Waals surface area contributed by atoms with Gasteiger partial charge < -0.3 is 24.8 Å². The number of benzene rings is 1. The topological polar surface area (TPSA) is 81.7 Å². The maximum absolute atomic E-state index is 13.3. The Kier molecular flexibility index (Phi) is 6.86. The smallest absolute Gasteiger partial charge is 0.223 e. The molecule has 7 heteroatoms. The number of carbonyl (C=O) groups is 1. The standard InChI is InChI=1S/C25H35N3O4/c1-6-20-18-13-23(32-5)22(31-4)12-17(18)19(25(29)28-20)11-15-9-14-10-16(30-3)7-8-21(14)27-24(15)26-2/h7-10,17-20,22-23H,6,11-13H2,1-5H3,(H,26,27)(H,28,29). The molecule has 32 heavy (non-hydrogen) atoms. The summed E-state index contributed by atoms with van der Waals surface area (Å²) in [6.07, 6.45) is 3.36. The molecule has 2 N–H and O–H groups in total. The molecule has 1 saturated heterocycles. The average molecular weight is 442 g/mol. The third-order valence-electron chi connectivity index (χ3n) is 7.49. The summed E-state index contributed by atoms with van der Waals surface area (Å²) >= 11 is 0. The molecule has 1 saturated carbocycles. The summed E-state index contributed by atoms with van der Waals surface area (Å²) in [5.41, 5.74) is 1.95. The quantitative estimate of drug-likeness (QED) is 0.685. The molecule has 6 atom stereocenters. The highest BCUT2D eigenvalue weighted by molar-refractivity contribution is 5.84. The first-order chi connectivity index (χ1) is 15.5. The van der Waals surface area contributed by atoms with Gasteiger partial charge in [-0.2, -0.15) is 0 Å². The summed E-state index contributed by atoms with van der Waals surface area (Å²) in [6.45, 7) is 2.15. The second-order valence-corrected chi connectivity index (χ2v) is 8.99. The molecule has 2 fully saturated rings. The van der Waals surface area contributed by atoms with E-state index in [-0.39, 0.29) is 36.0 Å². The van der Waals surface area contributed by atoms with E-state index in [0.29, 0.717) is 12.3 Å². The number of piperidine rings is 1. The van der Waals surface area contributed by atoms with Crippen LogP contribution in [0.1, 0.15) is 31.7 Å². The summed E-state index contributed by atoms with van der Waals surface area (Å²) in [6, 6.07) is 8.19. The van der Waals surface area contributed by atoms with Crippen LogP contribution in [0.25, 0.3) is 10.9 Å². The third kappa shape index (κ3) is 4.16. The molecular weight excluding hydrogens is 406 g/mol. The van der Waals surface area contributed by atoms with Crippen molar-refractivity contribution in [1.82, 2.24) is 10.3 Å². The number of pyridine rings is 1. The molecule has 4 rings (SSSR count). The molecule has 7 nitrogen and oxygen atoms in total. The van der Waals surface area contributed by atoms with Crippen molar-refractivity contribution in [1.29, 1.82) is 0 Å². The van der Waals surface area contributed by atoms with Crippen molar-refractivity contribution < 1.29 is 19.0 Å². The van der Waals surface area contributed by atoms with Gasteiger partial charge >= 0.3 is 0 Å². The van der Waals surface area contributed by atoms with Gasteiger partial charge in [0.1, 0.15) is 11.6 Å². The largest absolute Gasteiger partial charge is 0.497 e. The molecule has 1 aliphatic carbocycles. The second-order valence-electron chi connectivity index (χ2n) is 8.99. The SMILES string of the molecule is CCC1NC(=O)C(Cc2cc3cc(OC)ccc3nc2NC)C2CC(OC)C(OC)CC12. The van der Waals surface area contributed by atoms with E-state index in [4.69, 9.17) is 19.2 Å². The third-order valence-corrected chi connectivity index (χ3v) is 7.49. The van der Waals surface area contributed by atoms with Gasteiger partial charge in [-0.05, 0) is 67.3 Å². The van der Waals surface area contributed by atoms with Crippen molar-refractivity contribution in [2.24, 2.45) is 17.8 Å². The minimum Gasteiger partial charge on any atom is -0.497 e. The number of hydrogen-bond donors (Lipinski definition) is 2. The Morgan fingerprint density at radius 1 is 1.09 bits per heavy atom. The van der Waals surface area contributed by atoms with Crippen LogP contribution in [0.3, 0.4) is 0 Å². The Balaban J connectivity index is 1.69. The minimum atomic E-state index is -0.129. The number of aromatic nitrogens is 1. The molecule has 0 bridgehead atoms. The Morgan fingerprint density at radius 3 is 2.44 bits per heavy atom. The zero-order valence-corrected chi connectivity index (χ0v) is 19.7. The van der Waals surface area contributed by atoms with E-state index in [2.05, 4.69) is 23.6 Å². The van der Waals surface area contributed by atoms with E-state index in [1.165, 1.54) is 0 Å². The molecule has 0 spiro atoms. The maximum Gasteiger partial charge on any atom is 0.223 e. The molecule has 1 aromatic heterocycles. The van der Waals surface area contributed by atoms with Crippen LogP contribution < -0.4 is 15.4 Å². The van der Waals surface area contributed by atoms with Crippen LogP contribution in [0.5, 0.6) is 5.75 Å². The van der Waals surface area contributed by atoms with Crippen LogP contribution >= 0.6 is 0 Å². The first kappa shape index (κ1) is 22.8. The molecule has 174 valence electrons. The Hall–Kier alpha value is -2.38.